The van der Waals surface area contributed by atoms with Crippen LogP contribution in [0.4, 0.5) is 5.69 Å². The first-order chi connectivity index (χ1) is 15.7. The number of β-lactam (4-membered cyclic amide) rings is 1. The van der Waals surface area contributed by atoms with Crippen molar-refractivity contribution in [3.8, 4) is 5.75 Å². The molecule has 3 aromatic rings. The van der Waals surface area contributed by atoms with E-state index in [-0.39, 0.29) is 11.9 Å². The fraction of sp³-hybridized carbons (Fsp3) is 0.346. The highest BCUT2D eigenvalue weighted by Gasteiger charge is 2.49. The molecule has 0 saturated carbocycles. The highest BCUT2D eigenvalue weighted by Crippen LogP contribution is 2.38. The lowest BCUT2D eigenvalue weighted by Gasteiger charge is -2.47. The number of benzene rings is 3. The summed E-state index contributed by atoms with van der Waals surface area (Å²) in [5, 5.41) is 2.25. The maximum atomic E-state index is 13.1. The number of carbonyl (C=O) groups is 1. The zero-order valence-electron chi connectivity index (χ0n) is 18.2. The third-order valence-corrected chi connectivity index (χ3v) is 6.36. The van der Waals surface area contributed by atoms with Gasteiger partial charge >= 0.3 is 0 Å². The fourth-order valence-corrected chi connectivity index (χ4v) is 4.66. The van der Waals surface area contributed by atoms with Crippen LogP contribution in [-0.4, -0.2) is 61.2 Å². The van der Waals surface area contributed by atoms with Gasteiger partial charge in [0.2, 0.25) is 6.10 Å². The van der Waals surface area contributed by atoms with Gasteiger partial charge in [0, 0.05) is 31.9 Å². The van der Waals surface area contributed by atoms with Crippen molar-refractivity contribution in [3.63, 3.8) is 0 Å². The SMILES string of the molecule is Nc1cccc([C@@H]2[C@H](Oc3ccc4ccccc4c3)C(=O)N2CCCN2CCOCC2)c1. The number of hydrogen-bond acceptors (Lipinski definition) is 5. The third-order valence-electron chi connectivity index (χ3n) is 6.36. The number of nitrogens with zero attached hydrogens (tertiary/aromatic N) is 2. The lowest BCUT2D eigenvalue weighted by Crippen LogP contribution is -2.61. The number of nitrogen functional groups attached to an aromatic ring is 1. The normalized spacial score (nSPS) is 21.5. The third kappa shape index (κ3) is 4.29. The average molecular weight is 432 g/mol. The number of anilines is 1. The smallest absolute Gasteiger partial charge is 0.266 e. The molecule has 2 fully saturated rings. The quantitative estimate of drug-likeness (QED) is 0.458. The zero-order valence-corrected chi connectivity index (χ0v) is 18.2. The van der Waals surface area contributed by atoms with Crippen LogP contribution in [0.15, 0.2) is 66.7 Å². The zero-order chi connectivity index (χ0) is 21.9. The van der Waals surface area contributed by atoms with Crippen molar-refractivity contribution in [2.24, 2.45) is 0 Å². The minimum atomic E-state index is -0.540. The molecular formula is C26H29N3O3. The van der Waals surface area contributed by atoms with E-state index in [9.17, 15) is 4.79 Å². The van der Waals surface area contributed by atoms with Gasteiger partial charge in [-0.1, -0.05) is 42.5 Å². The average Bonchev–Trinajstić information content (AvgIpc) is 2.83. The Morgan fingerprint density at radius 3 is 2.56 bits per heavy atom. The van der Waals surface area contributed by atoms with Crippen LogP contribution in [0.1, 0.15) is 18.0 Å². The van der Waals surface area contributed by atoms with Crippen LogP contribution in [0.3, 0.4) is 0 Å². The number of likely N-dealkylation sites (tertiary alicyclic amines) is 1. The molecule has 0 bridgehead atoms. The van der Waals surface area contributed by atoms with E-state index >= 15 is 0 Å². The van der Waals surface area contributed by atoms with E-state index < -0.39 is 6.10 Å². The second-order valence-electron chi connectivity index (χ2n) is 8.50. The van der Waals surface area contributed by atoms with Crippen LogP contribution >= 0.6 is 0 Å². The molecule has 3 aromatic carbocycles. The van der Waals surface area contributed by atoms with Gasteiger partial charge in [-0.25, -0.2) is 0 Å². The van der Waals surface area contributed by atoms with Gasteiger partial charge in [0.1, 0.15) is 11.8 Å². The predicted molar refractivity (Wildman–Crippen MR) is 126 cm³/mol. The largest absolute Gasteiger partial charge is 0.478 e. The van der Waals surface area contributed by atoms with Crippen LogP contribution < -0.4 is 10.5 Å². The molecule has 0 unspecified atom stereocenters. The minimum absolute atomic E-state index is 0.0348. The summed E-state index contributed by atoms with van der Waals surface area (Å²) in [6, 6.07) is 21.8. The van der Waals surface area contributed by atoms with Gasteiger partial charge in [0.25, 0.3) is 5.91 Å². The fourth-order valence-electron chi connectivity index (χ4n) is 4.66. The molecule has 6 nitrogen and oxygen atoms in total. The Bertz CT molecular complexity index is 1100. The number of fused-ring (bicyclic) bond motifs is 1. The first-order valence-electron chi connectivity index (χ1n) is 11.3. The molecule has 2 heterocycles. The van der Waals surface area contributed by atoms with E-state index in [1.807, 2.05) is 59.5 Å². The van der Waals surface area contributed by atoms with E-state index in [0.717, 1.165) is 55.6 Å². The summed E-state index contributed by atoms with van der Waals surface area (Å²) in [6.07, 6.45) is 0.383. The lowest BCUT2D eigenvalue weighted by atomic mass is 9.90. The first-order valence-corrected chi connectivity index (χ1v) is 11.3. The van der Waals surface area contributed by atoms with Crippen LogP contribution in [-0.2, 0) is 9.53 Å². The van der Waals surface area contributed by atoms with Crippen molar-refractivity contribution in [1.29, 1.82) is 0 Å². The molecule has 2 saturated heterocycles. The molecule has 0 radical (unpaired) electrons. The van der Waals surface area contributed by atoms with Gasteiger partial charge in [-0.05, 0) is 47.0 Å². The summed E-state index contributed by atoms with van der Waals surface area (Å²) < 4.78 is 11.7. The Hall–Kier alpha value is -3.09. The summed E-state index contributed by atoms with van der Waals surface area (Å²) in [4.78, 5) is 17.4. The molecule has 2 aliphatic rings. The second-order valence-corrected chi connectivity index (χ2v) is 8.50. The highest BCUT2D eigenvalue weighted by atomic mass is 16.5. The van der Waals surface area contributed by atoms with E-state index in [2.05, 4.69) is 17.0 Å². The van der Waals surface area contributed by atoms with Crippen molar-refractivity contribution in [1.82, 2.24) is 9.80 Å². The number of carbonyl (C=O) groups excluding carboxylic acids is 1. The number of nitrogens with two attached hydrogens (primary N) is 1. The van der Waals surface area contributed by atoms with Crippen molar-refractivity contribution < 1.29 is 14.3 Å². The molecule has 166 valence electrons. The number of ether oxygens (including phenoxy) is 2. The van der Waals surface area contributed by atoms with Gasteiger partial charge < -0.3 is 20.1 Å². The van der Waals surface area contributed by atoms with Crippen molar-refractivity contribution in [2.75, 3.05) is 45.1 Å². The van der Waals surface area contributed by atoms with Crippen LogP contribution in [0.2, 0.25) is 0 Å². The first kappa shape index (κ1) is 20.8. The van der Waals surface area contributed by atoms with Crippen LogP contribution in [0.25, 0.3) is 10.8 Å². The Morgan fingerprint density at radius 2 is 1.75 bits per heavy atom. The molecule has 2 aliphatic heterocycles. The highest BCUT2D eigenvalue weighted by molar-refractivity contribution is 5.90. The summed E-state index contributed by atoms with van der Waals surface area (Å²) in [5.41, 5.74) is 7.76. The number of amides is 1. The maximum absolute atomic E-state index is 13.1. The Labute approximate surface area is 188 Å². The lowest BCUT2D eigenvalue weighted by molar-refractivity contribution is -0.164. The molecule has 2 N–H and O–H groups in total. The van der Waals surface area contributed by atoms with Crippen LogP contribution in [0, 0.1) is 0 Å². The molecule has 0 aliphatic carbocycles. The van der Waals surface area contributed by atoms with Crippen molar-refractivity contribution in [3.05, 3.63) is 72.3 Å². The molecule has 1 amide bonds. The van der Waals surface area contributed by atoms with Gasteiger partial charge in [-0.15, -0.1) is 0 Å². The second kappa shape index (κ2) is 9.18. The van der Waals surface area contributed by atoms with Gasteiger partial charge in [-0.3, -0.25) is 9.69 Å². The van der Waals surface area contributed by atoms with E-state index in [4.69, 9.17) is 15.2 Å². The molecule has 5 rings (SSSR count). The molecule has 0 aromatic heterocycles. The molecule has 6 heteroatoms. The van der Waals surface area contributed by atoms with E-state index in [1.165, 1.54) is 0 Å². The van der Waals surface area contributed by atoms with Crippen molar-refractivity contribution >= 4 is 22.4 Å². The van der Waals surface area contributed by atoms with Gasteiger partial charge in [0.05, 0.1) is 13.2 Å². The topological polar surface area (TPSA) is 68.0 Å². The Balaban J connectivity index is 1.32. The standard InChI is InChI=1S/C26H29N3O3/c27-22-8-3-7-21(17-22)24-25(32-23-10-9-19-5-1-2-6-20(19)18-23)26(30)29(24)12-4-11-28-13-15-31-16-14-28/h1-3,5-10,17-18,24-25H,4,11-16,27H2/t24-,25+/m1/s1. The van der Waals surface area contributed by atoms with Crippen molar-refractivity contribution in [2.45, 2.75) is 18.6 Å². The summed E-state index contributed by atoms with van der Waals surface area (Å²) in [6.45, 7) is 5.16. The van der Waals surface area contributed by atoms with Gasteiger partial charge in [0.15, 0.2) is 0 Å². The van der Waals surface area contributed by atoms with Crippen LogP contribution in [0.5, 0.6) is 5.75 Å². The summed E-state index contributed by atoms with van der Waals surface area (Å²) in [5.74, 6) is 0.747. The molecule has 2 atom stereocenters. The summed E-state index contributed by atoms with van der Waals surface area (Å²) in [7, 11) is 0. The Morgan fingerprint density at radius 1 is 0.938 bits per heavy atom. The number of rotatable bonds is 7. The maximum Gasteiger partial charge on any atom is 0.266 e. The molecule has 32 heavy (non-hydrogen) atoms. The molecular weight excluding hydrogens is 402 g/mol. The van der Waals surface area contributed by atoms with E-state index in [0.29, 0.717) is 18.0 Å². The number of hydrogen-bond donors (Lipinski definition) is 1. The predicted octanol–water partition coefficient (Wildman–Crippen LogP) is 3.48. The number of morpholine rings is 1. The minimum Gasteiger partial charge on any atom is -0.478 e. The monoisotopic (exact) mass is 431 g/mol. The molecule has 0 spiro atoms. The van der Waals surface area contributed by atoms with Gasteiger partial charge in [-0.2, -0.15) is 0 Å². The van der Waals surface area contributed by atoms with E-state index in [1.54, 1.807) is 0 Å². The summed E-state index contributed by atoms with van der Waals surface area (Å²) >= 11 is 0. The Kier molecular flexibility index (Phi) is 5.97.